The zero-order chi connectivity index (χ0) is 25.2. The van der Waals surface area contributed by atoms with Crippen molar-refractivity contribution in [2.24, 2.45) is 0 Å². The number of ether oxygens (including phenoxy) is 1. The van der Waals surface area contributed by atoms with Gasteiger partial charge in [0.25, 0.3) is 5.56 Å². The highest BCUT2D eigenvalue weighted by molar-refractivity contribution is 7.99. The summed E-state index contributed by atoms with van der Waals surface area (Å²) in [5, 5.41) is 3.38. The van der Waals surface area contributed by atoms with Gasteiger partial charge in [0.1, 0.15) is 4.70 Å². The topological polar surface area (TPSA) is 78.2 Å². The number of aromatic nitrogens is 3. The monoisotopic (exact) mass is 538 g/mol. The summed E-state index contributed by atoms with van der Waals surface area (Å²) in [6.07, 6.45) is 2.05. The minimum Gasteiger partial charge on any atom is -0.376 e. The molecule has 1 aliphatic rings. The molecule has 36 heavy (non-hydrogen) atoms. The van der Waals surface area contributed by atoms with Gasteiger partial charge in [-0.15, -0.1) is 0 Å². The molecule has 2 aromatic heterocycles. The van der Waals surface area contributed by atoms with Crippen molar-refractivity contribution in [3.8, 4) is 11.4 Å². The van der Waals surface area contributed by atoms with Gasteiger partial charge in [-0.05, 0) is 74.3 Å². The molecule has 0 bridgehead atoms. The van der Waals surface area contributed by atoms with E-state index in [2.05, 4.69) is 12.2 Å². The van der Waals surface area contributed by atoms with Crippen LogP contribution in [-0.2, 0) is 9.53 Å². The average Bonchev–Trinajstić information content (AvgIpc) is 3.51. The van der Waals surface area contributed by atoms with Gasteiger partial charge in [-0.2, -0.15) is 0 Å². The third-order valence-electron chi connectivity index (χ3n) is 6.22. The van der Waals surface area contributed by atoms with E-state index >= 15 is 0 Å². The first-order valence-electron chi connectivity index (χ1n) is 11.7. The third-order valence-corrected chi connectivity index (χ3v) is 8.51. The maximum atomic E-state index is 13.8. The molecule has 7 nitrogen and oxygen atoms in total. The summed E-state index contributed by atoms with van der Waals surface area (Å²) in [6.45, 7) is 5.34. The highest BCUT2D eigenvalue weighted by Crippen LogP contribution is 2.28. The largest absolute Gasteiger partial charge is 0.376 e. The molecule has 0 saturated carbocycles. The lowest BCUT2D eigenvalue weighted by molar-refractivity contribution is -0.119. The summed E-state index contributed by atoms with van der Waals surface area (Å²) in [7, 11) is 0. The first kappa shape index (κ1) is 24.9. The van der Waals surface area contributed by atoms with Crippen LogP contribution in [0, 0.1) is 17.8 Å². The van der Waals surface area contributed by atoms with Crippen molar-refractivity contribution < 1.29 is 9.53 Å². The third kappa shape index (κ3) is 5.04. The van der Waals surface area contributed by atoms with Crippen LogP contribution in [0.3, 0.4) is 0 Å². The normalized spacial score (nSPS) is 15.4. The Morgan fingerprint density at radius 3 is 2.69 bits per heavy atom. The Bertz CT molecular complexity index is 1540. The van der Waals surface area contributed by atoms with Crippen molar-refractivity contribution in [2.75, 3.05) is 18.9 Å². The van der Waals surface area contributed by atoms with Crippen LogP contribution in [0.25, 0.3) is 21.7 Å². The van der Waals surface area contributed by atoms with Gasteiger partial charge in [0.15, 0.2) is 14.8 Å². The van der Waals surface area contributed by atoms with Crippen molar-refractivity contribution in [1.82, 2.24) is 19.4 Å². The zero-order valence-electron chi connectivity index (χ0n) is 20.0. The standard InChI is InChI=1S/C26H26N4O3S3/c1-16-10-11-19(13-17(16)2)29-23-22(36-26(29)34)24(32)30(18-7-4-3-5-8-18)25(28-23)35-15-21(31)27-14-20-9-6-12-33-20/h3-5,7-8,10-11,13,20H,6,9,12,14-15H2,1-2H3,(H,27,31)/t20-/m0/s1. The number of carbonyl (C=O) groups excluding carboxylic acids is 1. The minimum absolute atomic E-state index is 0.0733. The SMILES string of the molecule is Cc1ccc(-n2c(=S)sc3c(=O)n(-c4ccccc4)c(SCC(=O)NC[C@@H]4CCCO4)nc32)cc1C. The van der Waals surface area contributed by atoms with Gasteiger partial charge in [-0.25, -0.2) is 4.98 Å². The number of aryl methyl sites for hydroxylation is 2. The second-order valence-electron chi connectivity index (χ2n) is 8.72. The molecule has 0 spiro atoms. The molecule has 3 heterocycles. The molecule has 1 amide bonds. The number of nitrogens with zero attached hydrogens (tertiary/aromatic N) is 3. The lowest BCUT2D eigenvalue weighted by Crippen LogP contribution is -2.33. The van der Waals surface area contributed by atoms with Crippen LogP contribution in [0.2, 0.25) is 0 Å². The number of fused-ring (bicyclic) bond motifs is 1. The molecular weight excluding hydrogens is 513 g/mol. The van der Waals surface area contributed by atoms with Crippen LogP contribution in [-0.4, -0.2) is 45.0 Å². The van der Waals surface area contributed by atoms with Gasteiger partial charge < -0.3 is 10.1 Å². The van der Waals surface area contributed by atoms with Crippen molar-refractivity contribution in [3.63, 3.8) is 0 Å². The van der Waals surface area contributed by atoms with Crippen LogP contribution in [0.4, 0.5) is 0 Å². The number of nitrogens with one attached hydrogen (secondary N) is 1. The Balaban J connectivity index is 1.55. The number of hydrogen-bond acceptors (Lipinski definition) is 7. The molecule has 1 fully saturated rings. The fourth-order valence-electron chi connectivity index (χ4n) is 4.14. The van der Waals surface area contributed by atoms with Crippen LogP contribution in [0.1, 0.15) is 24.0 Å². The number of thioether (sulfide) groups is 1. The summed E-state index contributed by atoms with van der Waals surface area (Å²) in [5.74, 6) is 0.00668. The first-order chi connectivity index (χ1) is 17.4. The van der Waals surface area contributed by atoms with Gasteiger partial charge >= 0.3 is 0 Å². The lowest BCUT2D eigenvalue weighted by atomic mass is 10.1. The predicted molar refractivity (Wildman–Crippen MR) is 148 cm³/mol. The summed E-state index contributed by atoms with van der Waals surface area (Å²) >= 11 is 8.17. The van der Waals surface area contributed by atoms with Gasteiger partial charge in [0.05, 0.1) is 17.5 Å². The predicted octanol–water partition coefficient (Wildman–Crippen LogP) is 4.97. The molecule has 0 aliphatic carbocycles. The van der Waals surface area contributed by atoms with Crippen molar-refractivity contribution in [2.45, 2.75) is 37.9 Å². The van der Waals surface area contributed by atoms with Crippen molar-refractivity contribution in [1.29, 1.82) is 0 Å². The molecule has 2 aromatic carbocycles. The molecule has 0 radical (unpaired) electrons. The van der Waals surface area contributed by atoms with E-state index in [9.17, 15) is 9.59 Å². The molecule has 1 atom stereocenters. The van der Waals surface area contributed by atoms with E-state index in [1.807, 2.05) is 60.0 Å². The fourth-order valence-corrected chi connectivity index (χ4v) is 6.28. The molecular formula is C26H26N4O3S3. The minimum atomic E-state index is -0.202. The fraction of sp³-hybridized carbons (Fsp3) is 0.308. The molecule has 10 heteroatoms. The van der Waals surface area contributed by atoms with Crippen molar-refractivity contribution in [3.05, 3.63) is 74.0 Å². The molecule has 1 saturated heterocycles. The van der Waals surface area contributed by atoms with Gasteiger partial charge in [-0.3, -0.25) is 18.7 Å². The van der Waals surface area contributed by atoms with Gasteiger partial charge in [0, 0.05) is 18.8 Å². The quantitative estimate of drug-likeness (QED) is 0.203. The highest BCUT2D eigenvalue weighted by Gasteiger charge is 2.21. The first-order valence-corrected chi connectivity index (χ1v) is 14.0. The number of benzene rings is 2. The Morgan fingerprint density at radius 1 is 1.17 bits per heavy atom. The van der Waals surface area contributed by atoms with E-state index in [-0.39, 0.29) is 23.3 Å². The number of amides is 1. The number of carbonyl (C=O) groups is 1. The Labute approximate surface area is 222 Å². The van der Waals surface area contributed by atoms with Crippen LogP contribution in [0.5, 0.6) is 0 Å². The van der Waals surface area contributed by atoms with Crippen LogP contribution >= 0.6 is 35.3 Å². The number of hydrogen-bond donors (Lipinski definition) is 1. The van der Waals surface area contributed by atoms with E-state index in [1.165, 1.54) is 28.7 Å². The highest BCUT2D eigenvalue weighted by atomic mass is 32.2. The van der Waals surface area contributed by atoms with Crippen molar-refractivity contribution >= 4 is 51.6 Å². The Hall–Kier alpha value is -2.79. The maximum absolute atomic E-state index is 13.8. The Kier molecular flexibility index (Phi) is 7.38. The second kappa shape index (κ2) is 10.7. The van der Waals surface area contributed by atoms with Gasteiger partial charge in [0.2, 0.25) is 5.91 Å². The van der Waals surface area contributed by atoms with E-state index in [0.717, 1.165) is 30.7 Å². The number of rotatable bonds is 7. The Morgan fingerprint density at radius 2 is 1.97 bits per heavy atom. The smallest absolute Gasteiger partial charge is 0.278 e. The van der Waals surface area contributed by atoms with Crippen LogP contribution < -0.4 is 10.9 Å². The van der Waals surface area contributed by atoms with Crippen LogP contribution in [0.15, 0.2) is 58.5 Å². The molecule has 1 N–H and O–H groups in total. The second-order valence-corrected chi connectivity index (χ2v) is 11.3. The molecule has 5 rings (SSSR count). The summed E-state index contributed by atoms with van der Waals surface area (Å²) in [6, 6.07) is 15.4. The zero-order valence-corrected chi connectivity index (χ0v) is 22.5. The molecule has 186 valence electrons. The summed E-state index contributed by atoms with van der Waals surface area (Å²) in [5.41, 5.74) is 4.17. The van der Waals surface area contributed by atoms with E-state index in [1.54, 1.807) is 4.57 Å². The lowest BCUT2D eigenvalue weighted by Gasteiger charge is -2.14. The summed E-state index contributed by atoms with van der Waals surface area (Å²) in [4.78, 5) is 31.3. The van der Waals surface area contributed by atoms with E-state index in [0.29, 0.717) is 31.7 Å². The maximum Gasteiger partial charge on any atom is 0.278 e. The molecule has 4 aromatic rings. The van der Waals surface area contributed by atoms with Gasteiger partial charge in [-0.1, -0.05) is 47.4 Å². The van der Waals surface area contributed by atoms with E-state index in [4.69, 9.17) is 21.9 Å². The molecule has 0 unspecified atom stereocenters. The van der Waals surface area contributed by atoms with E-state index < -0.39 is 0 Å². The summed E-state index contributed by atoms with van der Waals surface area (Å²) < 4.78 is 10.0. The number of thiazole rings is 1. The average molecular weight is 539 g/mol. The molecule has 1 aliphatic heterocycles. The number of para-hydroxylation sites is 1.